The predicted octanol–water partition coefficient (Wildman–Crippen LogP) is 5.74. The lowest BCUT2D eigenvalue weighted by atomic mass is 9.97. The predicted molar refractivity (Wildman–Crippen MR) is 99.0 cm³/mol. The van der Waals surface area contributed by atoms with Crippen LogP contribution >= 0.6 is 0 Å². The van der Waals surface area contributed by atoms with Gasteiger partial charge in [-0.2, -0.15) is 0 Å². The minimum atomic E-state index is 0.309. The number of hydrogen-bond donors (Lipinski definition) is 1. The highest BCUT2D eigenvalue weighted by molar-refractivity contribution is 5.64. The van der Waals surface area contributed by atoms with Gasteiger partial charge in [-0.3, -0.25) is 0 Å². The van der Waals surface area contributed by atoms with Crippen molar-refractivity contribution in [2.24, 2.45) is 5.41 Å². The van der Waals surface area contributed by atoms with Crippen LogP contribution in [0.25, 0.3) is 11.1 Å². The van der Waals surface area contributed by atoms with Gasteiger partial charge in [-0.1, -0.05) is 86.5 Å². The molecule has 0 saturated carbocycles. The Balaban J connectivity index is 0.000000261. The van der Waals surface area contributed by atoms with E-state index in [9.17, 15) is 0 Å². The van der Waals surface area contributed by atoms with Crippen LogP contribution < -0.4 is 5.32 Å². The van der Waals surface area contributed by atoms with Gasteiger partial charge >= 0.3 is 0 Å². The molecule has 118 valence electrons. The molecule has 0 fully saturated rings. The highest BCUT2D eigenvalue weighted by Crippen LogP contribution is 2.20. The highest BCUT2D eigenvalue weighted by atomic mass is 14.8. The topological polar surface area (TPSA) is 12.0 Å². The molecule has 0 aliphatic carbocycles. The van der Waals surface area contributed by atoms with E-state index < -0.39 is 0 Å². The second-order valence-electron chi connectivity index (χ2n) is 6.72. The van der Waals surface area contributed by atoms with Gasteiger partial charge in [0.05, 0.1) is 0 Å². The van der Waals surface area contributed by atoms with Crippen LogP contribution in [0.1, 0.15) is 31.9 Å². The molecular formula is C21H29N. The van der Waals surface area contributed by atoms with E-state index in [2.05, 4.69) is 94.5 Å². The monoisotopic (exact) mass is 295 g/mol. The highest BCUT2D eigenvalue weighted by Gasteiger charge is 2.01. The van der Waals surface area contributed by atoms with Gasteiger partial charge in [0.15, 0.2) is 0 Å². The number of benzene rings is 2. The van der Waals surface area contributed by atoms with Crippen molar-refractivity contribution in [3.05, 3.63) is 71.9 Å². The van der Waals surface area contributed by atoms with Crippen molar-refractivity contribution in [3.8, 4) is 11.1 Å². The fraction of sp³-hybridized carbons (Fsp3) is 0.333. The smallest absolute Gasteiger partial charge is 0.00276 e. The van der Waals surface area contributed by atoms with Crippen LogP contribution in [0.5, 0.6) is 0 Å². The summed E-state index contributed by atoms with van der Waals surface area (Å²) in [7, 11) is 1.90. The first-order valence-electron chi connectivity index (χ1n) is 7.80. The molecular weight excluding hydrogens is 266 g/mol. The first-order valence-corrected chi connectivity index (χ1v) is 7.80. The van der Waals surface area contributed by atoms with Crippen LogP contribution in [0.15, 0.2) is 60.8 Å². The van der Waals surface area contributed by atoms with Crippen LogP contribution in [-0.2, 0) is 0 Å². The van der Waals surface area contributed by atoms with E-state index in [-0.39, 0.29) is 0 Å². The number of nitrogens with one attached hydrogen (secondary N) is 1. The number of hydrogen-bond acceptors (Lipinski definition) is 1. The minimum absolute atomic E-state index is 0.309. The van der Waals surface area contributed by atoms with E-state index in [0.717, 1.165) is 0 Å². The molecule has 0 aliphatic rings. The fourth-order valence-corrected chi connectivity index (χ4v) is 1.90. The maximum absolute atomic E-state index is 2.94. The summed E-state index contributed by atoms with van der Waals surface area (Å²) in [6.45, 7) is 10.7. The number of rotatable bonds is 2. The zero-order chi connectivity index (χ0) is 16.6. The Labute approximate surface area is 136 Å². The lowest BCUT2D eigenvalue weighted by molar-refractivity contribution is 0.541. The SMILES string of the molecule is CN/C=C\C(C)(C)C.Cc1ccc(-c2cccc(C)c2)cc1. The molecule has 2 rings (SSSR count). The van der Waals surface area contributed by atoms with Crippen molar-refractivity contribution in [3.63, 3.8) is 0 Å². The van der Waals surface area contributed by atoms with E-state index >= 15 is 0 Å². The van der Waals surface area contributed by atoms with Crippen LogP contribution in [-0.4, -0.2) is 7.05 Å². The maximum atomic E-state index is 2.94. The van der Waals surface area contributed by atoms with Crippen molar-refractivity contribution in [2.45, 2.75) is 34.6 Å². The molecule has 0 saturated heterocycles. The Hall–Kier alpha value is -2.02. The molecule has 0 unspecified atom stereocenters. The summed E-state index contributed by atoms with van der Waals surface area (Å²) in [4.78, 5) is 0. The van der Waals surface area contributed by atoms with E-state index in [1.807, 2.05) is 13.2 Å². The van der Waals surface area contributed by atoms with E-state index in [1.54, 1.807) is 0 Å². The summed E-state index contributed by atoms with van der Waals surface area (Å²) < 4.78 is 0. The lowest BCUT2D eigenvalue weighted by Crippen LogP contribution is -2.02. The zero-order valence-electron chi connectivity index (χ0n) is 14.8. The van der Waals surface area contributed by atoms with Crippen molar-refractivity contribution >= 4 is 0 Å². The van der Waals surface area contributed by atoms with Gasteiger partial charge in [0.1, 0.15) is 0 Å². The maximum Gasteiger partial charge on any atom is 0.00276 e. The molecule has 0 radical (unpaired) electrons. The molecule has 22 heavy (non-hydrogen) atoms. The Morgan fingerprint density at radius 2 is 1.45 bits per heavy atom. The minimum Gasteiger partial charge on any atom is -0.394 e. The summed E-state index contributed by atoms with van der Waals surface area (Å²) >= 11 is 0. The molecule has 1 heteroatoms. The molecule has 0 heterocycles. The third-order valence-electron chi connectivity index (χ3n) is 3.15. The molecule has 0 aromatic heterocycles. The van der Waals surface area contributed by atoms with Crippen molar-refractivity contribution in [2.75, 3.05) is 7.05 Å². The molecule has 0 aliphatic heterocycles. The average molecular weight is 295 g/mol. The van der Waals surface area contributed by atoms with Crippen molar-refractivity contribution in [1.29, 1.82) is 0 Å². The molecule has 1 nitrogen and oxygen atoms in total. The molecule has 0 atom stereocenters. The van der Waals surface area contributed by atoms with E-state index in [1.165, 1.54) is 22.3 Å². The first-order chi connectivity index (χ1) is 10.3. The van der Waals surface area contributed by atoms with Gasteiger partial charge < -0.3 is 5.32 Å². The number of aryl methyl sites for hydroxylation is 2. The summed E-state index contributed by atoms with van der Waals surface area (Å²) in [5, 5.41) is 2.94. The van der Waals surface area contributed by atoms with Gasteiger partial charge in [-0.25, -0.2) is 0 Å². The normalized spacial score (nSPS) is 11.0. The van der Waals surface area contributed by atoms with E-state index in [0.29, 0.717) is 5.41 Å². The molecule has 0 amide bonds. The second-order valence-corrected chi connectivity index (χ2v) is 6.72. The average Bonchev–Trinajstić information content (AvgIpc) is 2.46. The third-order valence-corrected chi connectivity index (χ3v) is 3.15. The summed E-state index contributed by atoms with van der Waals surface area (Å²) in [5.74, 6) is 0. The van der Waals surface area contributed by atoms with Gasteiger partial charge in [-0.15, -0.1) is 0 Å². The van der Waals surface area contributed by atoms with Gasteiger partial charge in [0, 0.05) is 7.05 Å². The molecule has 2 aromatic rings. The van der Waals surface area contributed by atoms with Crippen LogP contribution in [0.2, 0.25) is 0 Å². The molecule has 0 bridgehead atoms. The summed E-state index contributed by atoms with van der Waals surface area (Å²) in [5.41, 5.74) is 5.51. The van der Waals surface area contributed by atoms with Crippen LogP contribution in [0, 0.1) is 19.3 Å². The Morgan fingerprint density at radius 1 is 0.818 bits per heavy atom. The number of allylic oxidation sites excluding steroid dienone is 1. The second kappa shape index (κ2) is 8.43. The largest absolute Gasteiger partial charge is 0.394 e. The standard InChI is InChI=1S/C14H14.C7H15N/c1-11-6-8-13(9-7-11)14-5-3-4-12(2)10-14;1-7(2,3)5-6-8-4/h3-10H,1-2H3;5-6,8H,1-4H3/b;6-5-. The zero-order valence-corrected chi connectivity index (χ0v) is 14.8. The van der Waals surface area contributed by atoms with Crippen LogP contribution in [0.3, 0.4) is 0 Å². The van der Waals surface area contributed by atoms with Gasteiger partial charge in [-0.05, 0) is 36.6 Å². The fourth-order valence-electron chi connectivity index (χ4n) is 1.90. The molecule has 2 aromatic carbocycles. The Kier molecular flexibility index (Phi) is 6.91. The van der Waals surface area contributed by atoms with Crippen molar-refractivity contribution in [1.82, 2.24) is 5.32 Å². The molecule has 1 N–H and O–H groups in total. The quantitative estimate of drug-likeness (QED) is 0.745. The first kappa shape index (κ1) is 18.0. The summed E-state index contributed by atoms with van der Waals surface area (Å²) in [6, 6.07) is 17.2. The lowest BCUT2D eigenvalue weighted by Gasteiger charge is -2.10. The molecule has 0 spiro atoms. The van der Waals surface area contributed by atoms with Gasteiger partial charge in [0.2, 0.25) is 0 Å². The van der Waals surface area contributed by atoms with E-state index in [4.69, 9.17) is 0 Å². The van der Waals surface area contributed by atoms with Crippen LogP contribution in [0.4, 0.5) is 0 Å². The Morgan fingerprint density at radius 3 is 1.91 bits per heavy atom. The third kappa shape index (κ3) is 7.12. The van der Waals surface area contributed by atoms with Gasteiger partial charge in [0.25, 0.3) is 0 Å². The summed E-state index contributed by atoms with van der Waals surface area (Å²) in [6.07, 6.45) is 4.09. The van der Waals surface area contributed by atoms with Crippen molar-refractivity contribution < 1.29 is 0 Å². The Bertz CT molecular complexity index is 586.